The second-order valence-corrected chi connectivity index (χ2v) is 10.6. The molecule has 1 N–H and O–H groups in total. The molecule has 5 nitrogen and oxygen atoms in total. The maximum atomic E-state index is 11.8. The monoisotopic (exact) mass is 489 g/mol. The average molecular weight is 490 g/mol. The van der Waals surface area contributed by atoms with Crippen LogP contribution >= 0.6 is 11.6 Å². The number of nitrogens with one attached hydrogen (secondary N) is 1. The van der Waals surface area contributed by atoms with E-state index in [9.17, 15) is 4.79 Å². The number of hydrogen-bond donors (Lipinski definition) is 1. The van der Waals surface area contributed by atoms with Gasteiger partial charge >= 0.3 is 6.03 Å². The Morgan fingerprint density at radius 3 is 2.62 bits per heavy atom. The minimum atomic E-state index is 0.0351. The number of carbonyl (C=O) groups excluding carboxylic acids is 1. The second kappa shape index (κ2) is 13.3. The zero-order chi connectivity index (χ0) is 24.5. The first kappa shape index (κ1) is 26.7. The number of carbonyl (C=O) groups is 1. The van der Waals surface area contributed by atoms with Gasteiger partial charge in [-0.15, -0.1) is 0 Å². The van der Waals surface area contributed by atoms with Crippen LogP contribution in [0.1, 0.15) is 70.3 Å². The summed E-state index contributed by atoms with van der Waals surface area (Å²) in [6, 6.07) is 4.66. The smallest absolute Gasteiger partial charge is 0.317 e. The molecule has 0 aromatic heterocycles. The van der Waals surface area contributed by atoms with Gasteiger partial charge in [0.05, 0.1) is 17.8 Å². The highest BCUT2D eigenvalue weighted by Crippen LogP contribution is 2.38. The molecular formula is C28H44ClN3O2. The number of anilines is 1. The van der Waals surface area contributed by atoms with Gasteiger partial charge in [-0.3, -0.25) is 0 Å². The Hall–Kier alpha value is -1.88. The molecule has 1 saturated carbocycles. The number of amides is 2. The van der Waals surface area contributed by atoms with Crippen molar-refractivity contribution in [1.29, 1.82) is 0 Å². The molecule has 2 aliphatic rings. The molecule has 1 atom stereocenters. The Balaban J connectivity index is 1.43. The van der Waals surface area contributed by atoms with Gasteiger partial charge in [0.15, 0.2) is 5.75 Å². The lowest BCUT2D eigenvalue weighted by Gasteiger charge is -2.29. The zero-order valence-electron chi connectivity index (χ0n) is 21.6. The van der Waals surface area contributed by atoms with E-state index in [-0.39, 0.29) is 6.03 Å². The number of hydrogen-bond acceptors (Lipinski definition) is 3. The summed E-state index contributed by atoms with van der Waals surface area (Å²) in [7, 11) is 5.32. The molecular weight excluding hydrogens is 446 g/mol. The van der Waals surface area contributed by atoms with Gasteiger partial charge in [0, 0.05) is 33.2 Å². The lowest BCUT2D eigenvalue weighted by molar-refractivity contribution is 0.203. The number of rotatable bonds is 8. The van der Waals surface area contributed by atoms with E-state index in [0.717, 1.165) is 49.7 Å². The molecule has 3 rings (SSSR count). The molecule has 1 aliphatic heterocycles. The molecule has 1 unspecified atom stereocenters. The topological polar surface area (TPSA) is 44.8 Å². The summed E-state index contributed by atoms with van der Waals surface area (Å²) in [5.41, 5.74) is 2.41. The van der Waals surface area contributed by atoms with Crippen molar-refractivity contribution in [3.8, 4) is 5.75 Å². The van der Waals surface area contributed by atoms with Crippen LogP contribution < -0.4 is 15.0 Å². The number of urea groups is 1. The highest BCUT2D eigenvalue weighted by atomic mass is 35.5. The van der Waals surface area contributed by atoms with Crippen LogP contribution in [0.3, 0.4) is 0 Å². The third-order valence-electron chi connectivity index (χ3n) is 7.54. The molecule has 0 spiro atoms. The fraction of sp³-hybridized carbons (Fsp3) is 0.679. The number of nitrogens with zero attached hydrogens (tertiary/aromatic N) is 2. The number of methoxy groups -OCH3 is 1. The fourth-order valence-electron chi connectivity index (χ4n) is 5.35. The van der Waals surface area contributed by atoms with E-state index in [1.54, 1.807) is 26.1 Å². The first-order valence-corrected chi connectivity index (χ1v) is 13.5. The quantitative estimate of drug-likeness (QED) is 0.414. The molecule has 1 saturated heterocycles. The third-order valence-corrected chi connectivity index (χ3v) is 7.82. The van der Waals surface area contributed by atoms with Gasteiger partial charge < -0.3 is 19.9 Å². The second-order valence-electron chi connectivity index (χ2n) is 10.2. The summed E-state index contributed by atoms with van der Waals surface area (Å²) in [5.74, 6) is 2.26. The van der Waals surface area contributed by atoms with Crippen molar-refractivity contribution < 1.29 is 9.53 Å². The number of halogens is 1. The molecule has 34 heavy (non-hydrogen) atoms. The van der Waals surface area contributed by atoms with Crippen molar-refractivity contribution in [2.24, 2.45) is 11.8 Å². The van der Waals surface area contributed by atoms with Crippen molar-refractivity contribution in [2.75, 3.05) is 39.2 Å². The van der Waals surface area contributed by atoms with Gasteiger partial charge in [-0.2, -0.15) is 0 Å². The average Bonchev–Trinajstić information content (AvgIpc) is 3.07. The summed E-state index contributed by atoms with van der Waals surface area (Å²) in [4.78, 5) is 15.9. The van der Waals surface area contributed by atoms with E-state index >= 15 is 0 Å². The van der Waals surface area contributed by atoms with Gasteiger partial charge in [0.1, 0.15) is 0 Å². The summed E-state index contributed by atoms with van der Waals surface area (Å²) in [5, 5.41) is 3.86. The van der Waals surface area contributed by atoms with Crippen LogP contribution in [0.25, 0.3) is 0 Å². The van der Waals surface area contributed by atoms with Crippen molar-refractivity contribution in [3.63, 3.8) is 0 Å². The molecule has 190 valence electrons. The molecule has 0 bridgehead atoms. The molecule has 6 heteroatoms. The van der Waals surface area contributed by atoms with Crippen LogP contribution in [0.4, 0.5) is 10.5 Å². The van der Waals surface area contributed by atoms with E-state index < -0.39 is 0 Å². The molecule has 1 aromatic carbocycles. The van der Waals surface area contributed by atoms with Crippen LogP contribution in [-0.2, 0) is 6.42 Å². The molecule has 2 fully saturated rings. The van der Waals surface area contributed by atoms with Crippen molar-refractivity contribution in [1.82, 2.24) is 10.2 Å². The predicted molar refractivity (Wildman–Crippen MR) is 143 cm³/mol. The van der Waals surface area contributed by atoms with Crippen LogP contribution in [0.2, 0.25) is 5.02 Å². The van der Waals surface area contributed by atoms with Crippen LogP contribution in [0, 0.1) is 11.8 Å². The summed E-state index contributed by atoms with van der Waals surface area (Å²) >= 11 is 6.51. The van der Waals surface area contributed by atoms with Gasteiger partial charge in [0.25, 0.3) is 0 Å². The molecule has 1 heterocycles. The van der Waals surface area contributed by atoms with Crippen LogP contribution in [-0.4, -0.2) is 51.3 Å². The molecule has 1 aromatic rings. The van der Waals surface area contributed by atoms with E-state index in [0.29, 0.717) is 17.0 Å². The molecule has 1 aliphatic carbocycles. The Bertz CT molecular complexity index is 818. The van der Waals surface area contributed by atoms with Crippen LogP contribution in [0.15, 0.2) is 24.3 Å². The SMILES string of the molecule is CCc1cc(Cl)c(OC)c(N2CCCC(/C=C/CCC3CCC(NC(=O)N(C)C)CC3)CC2)c1. The van der Waals surface area contributed by atoms with Crippen molar-refractivity contribution >= 4 is 23.3 Å². The Morgan fingerprint density at radius 1 is 1.18 bits per heavy atom. The first-order chi connectivity index (χ1) is 16.4. The molecule has 2 amide bonds. The lowest BCUT2D eigenvalue weighted by atomic mass is 9.83. The highest BCUT2D eigenvalue weighted by molar-refractivity contribution is 6.32. The zero-order valence-corrected chi connectivity index (χ0v) is 22.4. The van der Waals surface area contributed by atoms with Gasteiger partial charge in [-0.05, 0) is 93.7 Å². The summed E-state index contributed by atoms with van der Waals surface area (Å²) in [6.45, 7) is 4.26. The number of allylic oxidation sites excluding steroid dienone is 2. The van der Waals surface area contributed by atoms with Crippen LogP contribution in [0.5, 0.6) is 5.75 Å². The standard InChI is InChI=1S/C28H44ClN3O2/c1-5-21-19-25(29)27(34-4)26(20-21)32-17-8-11-22(16-18-32)9-6-7-10-23-12-14-24(15-13-23)30-28(33)31(2)3/h6,9,19-20,22-24H,5,7-8,10-18H2,1-4H3,(H,30,33)/b9-6+. The third kappa shape index (κ3) is 7.56. The van der Waals surface area contributed by atoms with E-state index in [1.165, 1.54) is 50.5 Å². The van der Waals surface area contributed by atoms with Gasteiger partial charge in [-0.25, -0.2) is 4.79 Å². The van der Waals surface area contributed by atoms with Crippen molar-refractivity contribution in [2.45, 2.75) is 77.2 Å². The minimum Gasteiger partial charge on any atom is -0.493 e. The maximum absolute atomic E-state index is 11.8. The van der Waals surface area contributed by atoms with Crippen molar-refractivity contribution in [3.05, 3.63) is 34.9 Å². The number of benzene rings is 1. The highest BCUT2D eigenvalue weighted by Gasteiger charge is 2.23. The minimum absolute atomic E-state index is 0.0351. The lowest BCUT2D eigenvalue weighted by Crippen LogP contribution is -2.43. The largest absolute Gasteiger partial charge is 0.493 e. The van der Waals surface area contributed by atoms with E-state index in [4.69, 9.17) is 16.3 Å². The number of ether oxygens (including phenoxy) is 1. The Morgan fingerprint density at radius 2 is 1.94 bits per heavy atom. The summed E-state index contributed by atoms with van der Waals surface area (Å²) < 4.78 is 5.66. The normalized spacial score (nSPS) is 23.6. The Kier molecular flexibility index (Phi) is 10.4. The predicted octanol–water partition coefficient (Wildman–Crippen LogP) is 6.68. The fourth-order valence-corrected chi connectivity index (χ4v) is 5.66. The van der Waals surface area contributed by atoms with Gasteiger partial charge in [0.2, 0.25) is 0 Å². The maximum Gasteiger partial charge on any atom is 0.317 e. The summed E-state index contributed by atoms with van der Waals surface area (Å²) in [6.07, 6.45) is 16.6. The first-order valence-electron chi connectivity index (χ1n) is 13.2. The number of aryl methyl sites for hydroxylation is 1. The van der Waals surface area contributed by atoms with Gasteiger partial charge in [-0.1, -0.05) is 30.7 Å². The van der Waals surface area contributed by atoms with E-state index in [1.807, 2.05) is 6.07 Å². The van der Waals surface area contributed by atoms with E-state index in [2.05, 4.69) is 35.4 Å². The Labute approximate surface area is 211 Å². The molecule has 0 radical (unpaired) electrons.